The van der Waals surface area contributed by atoms with Crippen molar-refractivity contribution >= 4 is 54.0 Å². The molecule has 1 nitrogen and oxygen atoms in total. The van der Waals surface area contributed by atoms with Gasteiger partial charge in [0.1, 0.15) is 0 Å². The Hall–Kier alpha value is -6.48. The number of allylic oxidation sites excluding steroid dienone is 6. The Labute approximate surface area is 339 Å². The van der Waals surface area contributed by atoms with E-state index in [1.54, 1.807) is 0 Å². The second-order valence-corrected chi connectivity index (χ2v) is 16.3. The summed E-state index contributed by atoms with van der Waals surface area (Å²) in [4.78, 5) is 2.52. The van der Waals surface area contributed by atoms with Crippen molar-refractivity contribution in [1.82, 2.24) is 0 Å². The Morgan fingerprint density at radius 1 is 0.509 bits per heavy atom. The first-order valence-corrected chi connectivity index (χ1v) is 20.9. The van der Waals surface area contributed by atoms with Crippen LogP contribution in [0.5, 0.6) is 0 Å². The number of benzene rings is 7. The van der Waals surface area contributed by atoms with Crippen LogP contribution in [0.1, 0.15) is 30.9 Å². The van der Waals surface area contributed by atoms with Crippen molar-refractivity contribution in [3.63, 3.8) is 0 Å². The first-order chi connectivity index (χ1) is 28.2. The van der Waals surface area contributed by atoms with Crippen molar-refractivity contribution < 1.29 is 0 Å². The highest BCUT2D eigenvalue weighted by Gasteiger charge is 2.22. The van der Waals surface area contributed by atoms with Crippen molar-refractivity contribution in [3.05, 3.63) is 217 Å². The van der Waals surface area contributed by atoms with E-state index in [1.807, 2.05) is 11.3 Å². The zero-order valence-electron chi connectivity index (χ0n) is 32.1. The molecule has 7 aromatic carbocycles. The van der Waals surface area contributed by atoms with Crippen LogP contribution < -0.4 is 4.90 Å². The van der Waals surface area contributed by atoms with Crippen LogP contribution in [0.15, 0.2) is 206 Å². The molecular weight excluding hydrogens is 707 g/mol. The topological polar surface area (TPSA) is 3.24 Å². The van der Waals surface area contributed by atoms with Gasteiger partial charge in [0.25, 0.3) is 0 Å². The lowest BCUT2D eigenvalue weighted by molar-refractivity contribution is 0.748. The van der Waals surface area contributed by atoms with Crippen molar-refractivity contribution in [2.24, 2.45) is 5.92 Å². The molecule has 8 aromatic rings. The summed E-state index contributed by atoms with van der Waals surface area (Å²) in [7, 11) is 0. The van der Waals surface area contributed by atoms with Gasteiger partial charge in [0, 0.05) is 31.5 Å². The second kappa shape index (κ2) is 15.2. The van der Waals surface area contributed by atoms with Crippen molar-refractivity contribution in [1.29, 1.82) is 0 Å². The van der Waals surface area contributed by atoms with Gasteiger partial charge in [0.05, 0.1) is 6.04 Å². The minimum Gasteiger partial charge on any atom is -0.334 e. The molecule has 2 heteroatoms. The van der Waals surface area contributed by atoms with Gasteiger partial charge in [-0.2, -0.15) is 0 Å². The summed E-state index contributed by atoms with van der Waals surface area (Å²) in [5.41, 5.74) is 15.2. The van der Waals surface area contributed by atoms with E-state index in [0.717, 1.165) is 12.8 Å². The Balaban J connectivity index is 0.977. The average Bonchev–Trinajstić information content (AvgIpc) is 3.67. The van der Waals surface area contributed by atoms with Gasteiger partial charge in [-0.3, -0.25) is 0 Å². The standard InChI is InChI=1S/C55H43NS/c1-38-13-8-18-43(35-38)45-20-10-22-49(37-45)56(47-31-27-40(28-32-47)39-14-4-2-5-15-39)48-33-29-41(30-34-48)44-19-9-21-46(36-44)51-24-12-26-53-52-25-11-23-50(54(52)57-55(51)53)42-16-6-3-7-17-42/h2-33,36-38,48H,34-35H2,1H3. The van der Waals surface area contributed by atoms with E-state index >= 15 is 0 Å². The Morgan fingerprint density at radius 2 is 1.12 bits per heavy atom. The maximum Gasteiger partial charge on any atom is 0.0560 e. The molecule has 0 fully saturated rings. The van der Waals surface area contributed by atoms with Crippen LogP contribution >= 0.6 is 11.3 Å². The molecule has 57 heavy (non-hydrogen) atoms. The number of thiophene rings is 1. The molecule has 0 spiro atoms. The van der Waals surface area contributed by atoms with Gasteiger partial charge in [0.2, 0.25) is 0 Å². The van der Waals surface area contributed by atoms with E-state index in [0.29, 0.717) is 5.92 Å². The van der Waals surface area contributed by atoms with Crippen molar-refractivity contribution in [3.8, 4) is 33.4 Å². The highest BCUT2D eigenvalue weighted by Crippen LogP contribution is 2.44. The smallest absolute Gasteiger partial charge is 0.0560 e. The molecule has 2 aliphatic rings. The SMILES string of the molecule is CC1C=CC=C(c2cccc(N(c3ccc(-c4ccccc4)cc3)C3C=CC(c4cccc(-c5cccc6c5sc5c(-c7ccccc7)cccc56)c4)=CC3)c2)C1. The Morgan fingerprint density at radius 3 is 1.82 bits per heavy atom. The number of hydrogen-bond donors (Lipinski definition) is 0. The van der Waals surface area contributed by atoms with E-state index in [1.165, 1.54) is 87.2 Å². The van der Waals surface area contributed by atoms with Crippen LogP contribution in [0, 0.1) is 5.92 Å². The number of fused-ring (bicyclic) bond motifs is 3. The molecule has 274 valence electrons. The first-order valence-electron chi connectivity index (χ1n) is 20.1. The number of nitrogens with zero attached hydrogens (tertiary/aromatic N) is 1. The molecule has 0 bridgehead atoms. The molecule has 0 aliphatic heterocycles. The van der Waals surface area contributed by atoms with Crippen LogP contribution in [0.25, 0.3) is 64.7 Å². The van der Waals surface area contributed by atoms with E-state index in [9.17, 15) is 0 Å². The van der Waals surface area contributed by atoms with E-state index in [4.69, 9.17) is 0 Å². The minimum absolute atomic E-state index is 0.167. The normalized spacial score (nSPS) is 16.4. The van der Waals surface area contributed by atoms with E-state index in [2.05, 4.69) is 218 Å². The molecule has 1 heterocycles. The number of hydrogen-bond acceptors (Lipinski definition) is 2. The summed E-state index contributed by atoms with van der Waals surface area (Å²) >= 11 is 1.91. The van der Waals surface area contributed by atoms with Crippen LogP contribution in [0.3, 0.4) is 0 Å². The van der Waals surface area contributed by atoms with Gasteiger partial charge in [-0.1, -0.05) is 183 Å². The molecule has 0 saturated heterocycles. The predicted molar refractivity (Wildman–Crippen MR) is 247 cm³/mol. The van der Waals surface area contributed by atoms with Gasteiger partial charge in [-0.25, -0.2) is 0 Å². The third-order valence-corrected chi connectivity index (χ3v) is 12.8. The summed E-state index contributed by atoms with van der Waals surface area (Å²) in [5, 5.41) is 2.65. The summed E-state index contributed by atoms with van der Waals surface area (Å²) in [5.74, 6) is 0.545. The third-order valence-electron chi connectivity index (χ3n) is 11.6. The number of anilines is 2. The third kappa shape index (κ3) is 6.88. The molecule has 0 N–H and O–H groups in total. The van der Waals surface area contributed by atoms with E-state index in [-0.39, 0.29) is 6.04 Å². The molecule has 1 aromatic heterocycles. The fourth-order valence-electron chi connectivity index (χ4n) is 8.66. The monoisotopic (exact) mass is 749 g/mol. The highest BCUT2D eigenvalue weighted by molar-refractivity contribution is 7.26. The summed E-state index contributed by atoms with van der Waals surface area (Å²) in [6, 6.07) is 62.5. The molecule has 2 aliphatic carbocycles. The van der Waals surface area contributed by atoms with Crippen LogP contribution in [-0.2, 0) is 0 Å². The minimum atomic E-state index is 0.167. The molecule has 10 rings (SSSR count). The lowest BCUT2D eigenvalue weighted by atomic mass is 9.90. The predicted octanol–water partition coefficient (Wildman–Crippen LogP) is 15.6. The fraction of sp³-hybridized carbons (Fsp3) is 0.0909. The maximum atomic E-state index is 2.52. The zero-order valence-corrected chi connectivity index (χ0v) is 32.9. The molecule has 0 amide bonds. The van der Waals surface area contributed by atoms with Crippen LogP contribution in [-0.4, -0.2) is 6.04 Å². The largest absolute Gasteiger partial charge is 0.334 e. The van der Waals surface area contributed by atoms with Gasteiger partial charge >= 0.3 is 0 Å². The maximum absolute atomic E-state index is 2.52. The van der Waals surface area contributed by atoms with Gasteiger partial charge < -0.3 is 4.90 Å². The quantitative estimate of drug-likeness (QED) is 0.150. The summed E-state index contributed by atoms with van der Waals surface area (Å²) in [6.45, 7) is 2.30. The van der Waals surface area contributed by atoms with Crippen LogP contribution in [0.4, 0.5) is 11.4 Å². The number of rotatable bonds is 8. The average molecular weight is 750 g/mol. The molecular formula is C55H43NS. The summed E-state index contributed by atoms with van der Waals surface area (Å²) in [6.07, 6.45) is 15.9. The van der Waals surface area contributed by atoms with Gasteiger partial charge in [-0.05, 0) is 105 Å². The van der Waals surface area contributed by atoms with Crippen molar-refractivity contribution in [2.45, 2.75) is 25.8 Å². The Bertz CT molecular complexity index is 2850. The molecule has 2 unspecified atom stereocenters. The lowest BCUT2D eigenvalue weighted by Gasteiger charge is -2.34. The lowest BCUT2D eigenvalue weighted by Crippen LogP contribution is -2.30. The molecule has 0 saturated carbocycles. The first kappa shape index (κ1) is 35.0. The zero-order chi connectivity index (χ0) is 38.1. The Kier molecular flexibility index (Phi) is 9.34. The molecule has 2 atom stereocenters. The van der Waals surface area contributed by atoms with Crippen LogP contribution in [0.2, 0.25) is 0 Å². The summed E-state index contributed by atoms with van der Waals surface area (Å²) < 4.78 is 2.69. The fourth-order valence-corrected chi connectivity index (χ4v) is 10.0. The van der Waals surface area contributed by atoms with Gasteiger partial charge in [0.15, 0.2) is 0 Å². The van der Waals surface area contributed by atoms with E-state index < -0.39 is 0 Å². The van der Waals surface area contributed by atoms with Gasteiger partial charge in [-0.15, -0.1) is 11.3 Å². The van der Waals surface area contributed by atoms with Crippen molar-refractivity contribution in [2.75, 3.05) is 4.90 Å². The second-order valence-electron chi connectivity index (χ2n) is 15.3. The molecule has 0 radical (unpaired) electrons. The highest BCUT2D eigenvalue weighted by atomic mass is 32.1.